The highest BCUT2D eigenvalue weighted by atomic mass is 16.7. The zero-order valence-corrected chi connectivity index (χ0v) is 13.2. The van der Waals surface area contributed by atoms with Gasteiger partial charge < -0.3 is 35.6 Å². The molecule has 0 saturated carbocycles. The normalized spacial score (nSPS) is 33.0. The van der Waals surface area contributed by atoms with Crippen molar-refractivity contribution in [1.29, 1.82) is 0 Å². The van der Waals surface area contributed by atoms with Gasteiger partial charge in [-0.05, 0) is 12.0 Å². The number of carbonyl (C=O) groups is 1. The van der Waals surface area contributed by atoms with Crippen molar-refractivity contribution in [2.75, 3.05) is 7.11 Å². The maximum atomic E-state index is 12.3. The summed E-state index contributed by atoms with van der Waals surface area (Å²) in [5.41, 5.74) is 6.66. The van der Waals surface area contributed by atoms with E-state index in [9.17, 15) is 25.2 Å². The Kier molecular flexibility index (Phi) is 6.41. The van der Waals surface area contributed by atoms with Crippen molar-refractivity contribution in [2.24, 2.45) is 5.73 Å². The van der Waals surface area contributed by atoms with Crippen LogP contribution in [0.25, 0.3) is 0 Å². The van der Waals surface area contributed by atoms with E-state index in [1.165, 1.54) is 7.11 Å². The lowest BCUT2D eigenvalue weighted by molar-refractivity contribution is -0.301. The fourth-order valence-corrected chi connectivity index (χ4v) is 2.68. The third-order valence-electron chi connectivity index (χ3n) is 4.11. The smallest absolute Gasteiger partial charge is 0.186 e. The molecule has 0 amide bonds. The first kappa shape index (κ1) is 18.9. The number of nitrogens with two attached hydrogens (primary N) is 1. The van der Waals surface area contributed by atoms with Crippen LogP contribution in [0.4, 0.5) is 0 Å². The van der Waals surface area contributed by atoms with Crippen LogP contribution in [0.3, 0.4) is 0 Å². The van der Waals surface area contributed by atoms with Crippen molar-refractivity contribution >= 4 is 5.78 Å². The van der Waals surface area contributed by atoms with Gasteiger partial charge in [-0.2, -0.15) is 0 Å². The van der Waals surface area contributed by atoms with Gasteiger partial charge in [-0.25, -0.2) is 0 Å². The van der Waals surface area contributed by atoms with E-state index in [1.807, 2.05) is 6.07 Å². The van der Waals surface area contributed by atoms with Crippen LogP contribution in [-0.2, 0) is 20.7 Å². The van der Waals surface area contributed by atoms with Crippen molar-refractivity contribution in [2.45, 2.75) is 49.3 Å². The molecule has 0 bridgehead atoms. The molecule has 2 rings (SSSR count). The molecule has 8 heteroatoms. The highest BCUT2D eigenvalue weighted by Gasteiger charge is 2.48. The minimum Gasteiger partial charge on any atom is -0.387 e. The van der Waals surface area contributed by atoms with Crippen molar-refractivity contribution in [3.8, 4) is 0 Å². The van der Waals surface area contributed by atoms with Gasteiger partial charge in [0.1, 0.15) is 30.5 Å². The van der Waals surface area contributed by atoms with E-state index in [4.69, 9.17) is 15.2 Å². The summed E-state index contributed by atoms with van der Waals surface area (Å²) in [5, 5.41) is 39.7. The summed E-state index contributed by atoms with van der Waals surface area (Å²) in [6, 6.07) is 8.02. The summed E-state index contributed by atoms with van der Waals surface area (Å²) < 4.78 is 10.0. The molecular formula is C16H23NO7. The standard InChI is InChI=1S/C16H23NO7/c1-23-16-14(22)11(19)13(21)15(24-16)12(20)10(18)9(17)7-8-5-3-2-4-6-8/h2-6,9,11-16,19-22H,7,17H2,1H3/t9-,11-,12?,13-,14-,15+,16-/m0/s1. The molecule has 1 aliphatic rings. The summed E-state index contributed by atoms with van der Waals surface area (Å²) in [6.45, 7) is 0. The highest BCUT2D eigenvalue weighted by Crippen LogP contribution is 2.24. The average Bonchev–Trinajstić information content (AvgIpc) is 2.59. The number of carbonyl (C=O) groups excluding carboxylic acids is 1. The Labute approximate surface area is 139 Å². The van der Waals surface area contributed by atoms with Crippen LogP contribution >= 0.6 is 0 Å². The molecule has 1 aromatic rings. The first-order chi connectivity index (χ1) is 11.4. The van der Waals surface area contributed by atoms with Crippen LogP contribution in [-0.4, -0.2) is 76.2 Å². The number of rotatable bonds is 6. The lowest BCUT2D eigenvalue weighted by atomic mass is 9.90. The fraction of sp³-hybridized carbons (Fsp3) is 0.562. The highest BCUT2D eigenvalue weighted by molar-refractivity contribution is 5.88. The second kappa shape index (κ2) is 8.13. The van der Waals surface area contributed by atoms with Gasteiger partial charge in [-0.3, -0.25) is 4.79 Å². The Balaban J connectivity index is 2.05. The molecule has 24 heavy (non-hydrogen) atoms. The molecule has 6 N–H and O–H groups in total. The number of Topliss-reactive ketones (excluding diaryl/α,β-unsaturated/α-hetero) is 1. The van der Waals surface area contributed by atoms with Crippen LogP contribution in [0, 0.1) is 0 Å². The third kappa shape index (κ3) is 3.98. The average molecular weight is 341 g/mol. The minimum atomic E-state index is -1.77. The molecule has 1 unspecified atom stereocenters. The van der Waals surface area contributed by atoms with Gasteiger partial charge in [0, 0.05) is 7.11 Å². The minimum absolute atomic E-state index is 0.207. The van der Waals surface area contributed by atoms with Crippen molar-refractivity contribution in [3.05, 3.63) is 35.9 Å². The number of aliphatic hydroxyl groups is 4. The molecule has 1 aliphatic heterocycles. The molecule has 0 aromatic heterocycles. The molecule has 1 aromatic carbocycles. The Morgan fingerprint density at radius 2 is 1.83 bits per heavy atom. The summed E-state index contributed by atoms with van der Waals surface area (Å²) in [7, 11) is 1.23. The molecule has 1 saturated heterocycles. The van der Waals surface area contributed by atoms with Crippen LogP contribution in [0.15, 0.2) is 30.3 Å². The third-order valence-corrected chi connectivity index (χ3v) is 4.11. The zero-order valence-electron chi connectivity index (χ0n) is 13.2. The number of ether oxygens (including phenoxy) is 2. The zero-order chi connectivity index (χ0) is 17.9. The first-order valence-electron chi connectivity index (χ1n) is 7.60. The molecule has 1 heterocycles. The molecule has 0 spiro atoms. The number of benzene rings is 1. The van der Waals surface area contributed by atoms with Gasteiger partial charge >= 0.3 is 0 Å². The number of hydrogen-bond donors (Lipinski definition) is 5. The Bertz CT molecular complexity index is 538. The lowest BCUT2D eigenvalue weighted by Crippen LogP contribution is -2.63. The predicted molar refractivity (Wildman–Crippen MR) is 82.8 cm³/mol. The van der Waals surface area contributed by atoms with E-state index in [0.29, 0.717) is 0 Å². The fourth-order valence-electron chi connectivity index (χ4n) is 2.68. The summed E-state index contributed by atoms with van der Waals surface area (Å²) in [5.74, 6) is -0.735. The van der Waals surface area contributed by atoms with Gasteiger partial charge in [0.2, 0.25) is 0 Å². The van der Waals surface area contributed by atoms with Crippen LogP contribution in [0.2, 0.25) is 0 Å². The molecule has 0 radical (unpaired) electrons. The van der Waals surface area contributed by atoms with Gasteiger partial charge in [-0.15, -0.1) is 0 Å². The summed E-state index contributed by atoms with van der Waals surface area (Å²) >= 11 is 0. The second-order valence-corrected chi connectivity index (χ2v) is 5.82. The number of hydrogen-bond acceptors (Lipinski definition) is 8. The van der Waals surface area contributed by atoms with E-state index in [2.05, 4.69) is 0 Å². The second-order valence-electron chi connectivity index (χ2n) is 5.82. The molecule has 7 atom stereocenters. The van der Waals surface area contributed by atoms with Gasteiger partial charge in [0.25, 0.3) is 0 Å². The van der Waals surface area contributed by atoms with Crippen molar-refractivity contribution in [1.82, 2.24) is 0 Å². The van der Waals surface area contributed by atoms with Crippen LogP contribution in [0.1, 0.15) is 5.56 Å². The van der Waals surface area contributed by atoms with E-state index in [1.54, 1.807) is 24.3 Å². The number of methoxy groups -OCH3 is 1. The van der Waals surface area contributed by atoms with Crippen LogP contribution < -0.4 is 5.73 Å². The maximum absolute atomic E-state index is 12.3. The first-order valence-corrected chi connectivity index (χ1v) is 7.60. The van der Waals surface area contributed by atoms with Gasteiger partial charge in [-0.1, -0.05) is 30.3 Å². The van der Waals surface area contributed by atoms with Crippen molar-refractivity contribution < 1.29 is 34.7 Å². The Morgan fingerprint density at radius 1 is 1.21 bits per heavy atom. The number of ketones is 1. The molecule has 1 fully saturated rings. The quantitative estimate of drug-likeness (QED) is 0.398. The largest absolute Gasteiger partial charge is 0.387 e. The number of aliphatic hydroxyl groups excluding tert-OH is 4. The van der Waals surface area contributed by atoms with E-state index < -0.39 is 48.6 Å². The van der Waals surface area contributed by atoms with Gasteiger partial charge in [0.05, 0.1) is 6.04 Å². The van der Waals surface area contributed by atoms with E-state index >= 15 is 0 Å². The summed E-state index contributed by atoms with van der Waals surface area (Å²) in [6.07, 6.45) is -9.07. The monoisotopic (exact) mass is 341 g/mol. The predicted octanol–water partition coefficient (Wildman–Crippen LogP) is -2.06. The maximum Gasteiger partial charge on any atom is 0.186 e. The Hall–Kier alpha value is -1.39. The van der Waals surface area contributed by atoms with Crippen LogP contribution in [0.5, 0.6) is 0 Å². The summed E-state index contributed by atoms with van der Waals surface area (Å²) in [4.78, 5) is 12.3. The van der Waals surface area contributed by atoms with Gasteiger partial charge in [0.15, 0.2) is 12.1 Å². The van der Waals surface area contributed by atoms with E-state index in [0.717, 1.165) is 5.56 Å². The Morgan fingerprint density at radius 3 is 2.42 bits per heavy atom. The van der Waals surface area contributed by atoms with E-state index in [-0.39, 0.29) is 6.42 Å². The molecule has 0 aliphatic carbocycles. The topological polar surface area (TPSA) is 142 Å². The molecular weight excluding hydrogens is 318 g/mol. The molecule has 8 nitrogen and oxygen atoms in total. The lowest BCUT2D eigenvalue weighted by Gasteiger charge is -2.41. The SMILES string of the molecule is CO[C@H]1O[C@H](C(O)C(=O)[C@@H](N)Cc2ccccc2)[C@@H](O)[C@H](O)[C@@H]1O. The molecule has 134 valence electrons. The van der Waals surface area contributed by atoms with Crippen molar-refractivity contribution in [3.63, 3.8) is 0 Å².